The zero-order chi connectivity index (χ0) is 10.1. The molecule has 1 heterocycles. The highest BCUT2D eigenvalue weighted by Gasteiger charge is 2.05. The van der Waals surface area contributed by atoms with Gasteiger partial charge in [0, 0.05) is 11.3 Å². The number of rotatable bonds is 1. The summed E-state index contributed by atoms with van der Waals surface area (Å²) in [6.07, 6.45) is 0. The predicted molar refractivity (Wildman–Crippen MR) is 62.2 cm³/mol. The first-order chi connectivity index (χ1) is 6.66. The van der Waals surface area contributed by atoms with Gasteiger partial charge < -0.3 is 5.73 Å². The summed E-state index contributed by atoms with van der Waals surface area (Å²) in [6.45, 7) is 1.98. The molecule has 0 amide bonds. The fraction of sp³-hybridized carbons (Fsp3) is 0.111. The number of nitrogens with two attached hydrogens (primary N) is 1. The van der Waals surface area contributed by atoms with Crippen LogP contribution in [-0.2, 0) is 0 Å². The minimum Gasteiger partial charge on any atom is -0.398 e. The number of halogens is 1. The summed E-state index contributed by atoms with van der Waals surface area (Å²) in [6, 6.07) is 5.90. The van der Waals surface area contributed by atoms with E-state index in [-0.39, 0.29) is 0 Å². The van der Waals surface area contributed by atoms with Crippen molar-refractivity contribution in [2.24, 2.45) is 0 Å². The average molecular weight is 270 g/mol. The minimum atomic E-state index is 0.622. The van der Waals surface area contributed by atoms with E-state index in [1.165, 1.54) is 11.5 Å². The molecule has 72 valence electrons. The molecule has 0 unspecified atom stereocenters. The van der Waals surface area contributed by atoms with Gasteiger partial charge in [0.05, 0.1) is 0 Å². The van der Waals surface area contributed by atoms with Crippen LogP contribution < -0.4 is 5.73 Å². The Bertz CT molecular complexity index is 467. The topological polar surface area (TPSA) is 51.8 Å². The second-order valence-corrected chi connectivity index (χ2v) is 4.40. The summed E-state index contributed by atoms with van der Waals surface area (Å²) in [5.74, 6) is 0. The van der Waals surface area contributed by atoms with Crippen molar-refractivity contribution in [3.8, 4) is 10.6 Å². The van der Waals surface area contributed by atoms with Crippen molar-refractivity contribution in [1.82, 2.24) is 9.36 Å². The Morgan fingerprint density at radius 1 is 1.43 bits per heavy atom. The number of benzene rings is 1. The maximum absolute atomic E-state index is 5.81. The van der Waals surface area contributed by atoms with E-state index in [1.54, 1.807) is 0 Å². The first-order valence-corrected chi connectivity index (χ1v) is 5.59. The Kier molecular flexibility index (Phi) is 2.52. The van der Waals surface area contributed by atoms with E-state index in [0.717, 1.165) is 21.8 Å². The van der Waals surface area contributed by atoms with E-state index >= 15 is 0 Å². The van der Waals surface area contributed by atoms with Gasteiger partial charge in [-0.15, -0.1) is 0 Å². The minimum absolute atomic E-state index is 0.622. The maximum atomic E-state index is 5.81. The second-order valence-electron chi connectivity index (χ2n) is 2.94. The lowest BCUT2D eigenvalue weighted by Gasteiger charge is -2.01. The third-order valence-corrected chi connectivity index (χ3v) is 3.28. The Labute approximate surface area is 94.3 Å². The molecule has 0 aliphatic heterocycles. The summed E-state index contributed by atoms with van der Waals surface area (Å²) >= 11 is 4.57. The second kappa shape index (κ2) is 3.67. The molecule has 2 N–H and O–H groups in total. The summed E-state index contributed by atoms with van der Waals surface area (Å²) in [7, 11) is 0. The van der Waals surface area contributed by atoms with Gasteiger partial charge in [0.2, 0.25) is 4.73 Å². The molecular weight excluding hydrogens is 262 g/mol. The van der Waals surface area contributed by atoms with Gasteiger partial charge in [-0.05, 0) is 46.0 Å². The first kappa shape index (κ1) is 9.61. The van der Waals surface area contributed by atoms with Crippen molar-refractivity contribution in [2.45, 2.75) is 6.92 Å². The Balaban J connectivity index is 2.47. The molecule has 0 aliphatic rings. The van der Waals surface area contributed by atoms with Crippen molar-refractivity contribution in [2.75, 3.05) is 5.73 Å². The Morgan fingerprint density at radius 3 is 2.79 bits per heavy atom. The fourth-order valence-corrected chi connectivity index (χ4v) is 2.17. The van der Waals surface area contributed by atoms with Crippen LogP contribution in [-0.4, -0.2) is 9.36 Å². The number of nitrogens with zero attached hydrogens (tertiary/aromatic N) is 2. The highest BCUT2D eigenvalue weighted by molar-refractivity contribution is 9.10. The first-order valence-electron chi connectivity index (χ1n) is 4.02. The molecule has 0 saturated carbocycles. The van der Waals surface area contributed by atoms with E-state index in [4.69, 9.17) is 5.73 Å². The van der Waals surface area contributed by atoms with Gasteiger partial charge in [-0.2, -0.15) is 4.37 Å². The van der Waals surface area contributed by atoms with Gasteiger partial charge in [-0.25, -0.2) is 4.98 Å². The Hall–Kier alpha value is -0.940. The molecule has 5 heteroatoms. The van der Waals surface area contributed by atoms with Crippen LogP contribution in [0.15, 0.2) is 22.9 Å². The van der Waals surface area contributed by atoms with Crippen LogP contribution in [0.2, 0.25) is 0 Å². The van der Waals surface area contributed by atoms with Gasteiger partial charge >= 0.3 is 0 Å². The molecular formula is C9H8BrN3S. The number of aromatic nitrogens is 2. The number of hydrogen-bond donors (Lipinski definition) is 1. The SMILES string of the molecule is Cc1ccc(-c2nc(Br)ns2)cc1N. The molecule has 0 fully saturated rings. The lowest BCUT2D eigenvalue weighted by Crippen LogP contribution is -1.89. The maximum Gasteiger partial charge on any atom is 0.209 e. The third-order valence-electron chi connectivity index (χ3n) is 1.93. The highest BCUT2D eigenvalue weighted by Crippen LogP contribution is 2.26. The van der Waals surface area contributed by atoms with Crippen LogP contribution in [0.1, 0.15) is 5.56 Å². The number of nitrogen functional groups attached to an aromatic ring is 1. The summed E-state index contributed by atoms with van der Waals surface area (Å²) in [5, 5.41) is 0.878. The van der Waals surface area contributed by atoms with E-state index in [0.29, 0.717) is 4.73 Å². The molecule has 0 bridgehead atoms. The smallest absolute Gasteiger partial charge is 0.209 e. The van der Waals surface area contributed by atoms with Crippen molar-refractivity contribution >= 4 is 33.1 Å². The van der Waals surface area contributed by atoms with E-state index in [2.05, 4.69) is 25.3 Å². The molecule has 3 nitrogen and oxygen atoms in total. The Morgan fingerprint density at radius 2 is 2.21 bits per heavy atom. The normalized spacial score (nSPS) is 10.4. The third kappa shape index (κ3) is 1.78. The van der Waals surface area contributed by atoms with Crippen LogP contribution in [0.3, 0.4) is 0 Å². The zero-order valence-electron chi connectivity index (χ0n) is 7.49. The van der Waals surface area contributed by atoms with Crippen molar-refractivity contribution in [1.29, 1.82) is 0 Å². The van der Waals surface area contributed by atoms with Crippen molar-refractivity contribution in [3.63, 3.8) is 0 Å². The van der Waals surface area contributed by atoms with Crippen LogP contribution in [0.25, 0.3) is 10.6 Å². The zero-order valence-corrected chi connectivity index (χ0v) is 9.89. The lowest BCUT2D eigenvalue weighted by atomic mass is 10.1. The molecule has 1 aromatic carbocycles. The van der Waals surface area contributed by atoms with Gasteiger partial charge in [-0.3, -0.25) is 0 Å². The van der Waals surface area contributed by atoms with Gasteiger partial charge in [0.15, 0.2) is 0 Å². The quantitative estimate of drug-likeness (QED) is 0.810. The van der Waals surface area contributed by atoms with E-state index < -0.39 is 0 Å². The standard InChI is InChI=1S/C9H8BrN3S/c1-5-2-3-6(4-7(5)11)8-12-9(10)13-14-8/h2-4H,11H2,1H3. The molecule has 2 rings (SSSR count). The largest absolute Gasteiger partial charge is 0.398 e. The summed E-state index contributed by atoms with van der Waals surface area (Å²) < 4.78 is 4.67. The fourth-order valence-electron chi connectivity index (χ4n) is 1.10. The average Bonchev–Trinajstić information content (AvgIpc) is 2.57. The molecule has 2 aromatic rings. The van der Waals surface area contributed by atoms with Crippen molar-refractivity contribution < 1.29 is 0 Å². The number of aryl methyl sites for hydroxylation is 1. The van der Waals surface area contributed by atoms with Crippen LogP contribution >= 0.6 is 27.5 Å². The summed E-state index contributed by atoms with van der Waals surface area (Å²) in [5.41, 5.74) is 8.69. The van der Waals surface area contributed by atoms with Crippen LogP contribution in [0.5, 0.6) is 0 Å². The highest BCUT2D eigenvalue weighted by atomic mass is 79.9. The monoisotopic (exact) mass is 269 g/mol. The molecule has 0 radical (unpaired) electrons. The molecule has 0 atom stereocenters. The number of hydrogen-bond acceptors (Lipinski definition) is 4. The predicted octanol–water partition coefficient (Wildman–Crippen LogP) is 2.86. The molecule has 0 aliphatic carbocycles. The van der Waals surface area contributed by atoms with E-state index in [9.17, 15) is 0 Å². The van der Waals surface area contributed by atoms with Crippen LogP contribution in [0, 0.1) is 6.92 Å². The van der Waals surface area contributed by atoms with Crippen LogP contribution in [0.4, 0.5) is 5.69 Å². The van der Waals surface area contributed by atoms with E-state index in [1.807, 2.05) is 25.1 Å². The van der Waals surface area contributed by atoms with Crippen molar-refractivity contribution in [3.05, 3.63) is 28.5 Å². The molecule has 14 heavy (non-hydrogen) atoms. The van der Waals surface area contributed by atoms with Gasteiger partial charge in [-0.1, -0.05) is 12.1 Å². The molecule has 1 aromatic heterocycles. The molecule has 0 saturated heterocycles. The number of anilines is 1. The molecule has 0 spiro atoms. The summed E-state index contributed by atoms with van der Waals surface area (Å²) in [4.78, 5) is 4.22. The lowest BCUT2D eigenvalue weighted by molar-refractivity contribution is 1.26. The van der Waals surface area contributed by atoms with Gasteiger partial charge in [0.1, 0.15) is 5.01 Å². The van der Waals surface area contributed by atoms with Gasteiger partial charge in [0.25, 0.3) is 0 Å².